The number of carbonyl (C=O) groups excluding carboxylic acids is 1. The fraction of sp³-hybridized carbons (Fsp3) is 0.529. The lowest BCUT2D eigenvalue weighted by Gasteiger charge is -2.39. The van der Waals surface area contributed by atoms with Crippen LogP contribution in [-0.4, -0.2) is 59.3 Å². The van der Waals surface area contributed by atoms with E-state index in [2.05, 4.69) is 0 Å². The first-order valence-corrected chi connectivity index (χ1v) is 8.02. The largest absolute Gasteiger partial charge is 0.462 e. The fourth-order valence-electron chi connectivity index (χ4n) is 4.02. The van der Waals surface area contributed by atoms with Gasteiger partial charge in [-0.3, -0.25) is 10.2 Å². The summed E-state index contributed by atoms with van der Waals surface area (Å²) in [6, 6.07) is 9.49. The summed E-state index contributed by atoms with van der Waals surface area (Å²) in [6.07, 6.45) is 2.96. The molecule has 3 fully saturated rings. The maximum absolute atomic E-state index is 12.4. The van der Waals surface area contributed by atoms with E-state index in [0.717, 1.165) is 5.56 Å². The Balaban J connectivity index is 0.00000169. The van der Waals surface area contributed by atoms with Gasteiger partial charge in [-0.2, -0.15) is 0 Å². The number of epoxide rings is 1. The van der Waals surface area contributed by atoms with Crippen molar-refractivity contribution in [3.8, 4) is 0 Å². The number of esters is 1. The first-order chi connectivity index (χ1) is 11.2. The molecule has 7 heteroatoms. The Kier molecular flexibility index (Phi) is 4.80. The van der Waals surface area contributed by atoms with Gasteiger partial charge in [-0.15, -0.1) is 12.4 Å². The topological polar surface area (TPSA) is 86.2 Å². The van der Waals surface area contributed by atoms with E-state index in [1.807, 2.05) is 35.2 Å². The Labute approximate surface area is 146 Å². The molecule has 3 heterocycles. The van der Waals surface area contributed by atoms with E-state index in [0.29, 0.717) is 12.8 Å². The first kappa shape index (κ1) is 17.2. The van der Waals surface area contributed by atoms with Gasteiger partial charge < -0.3 is 19.5 Å². The SMILES string of the molecule is Cl.N=CN1C2CC(OC(=O)C(CO)c3ccccc3)CC1C1OC12. The molecule has 1 aromatic rings. The summed E-state index contributed by atoms with van der Waals surface area (Å²) in [4.78, 5) is 14.5. The summed E-state index contributed by atoms with van der Waals surface area (Å²) < 4.78 is 11.3. The number of rotatable bonds is 5. The van der Waals surface area contributed by atoms with Gasteiger partial charge in [-0.25, -0.2) is 0 Å². The molecule has 3 aliphatic rings. The van der Waals surface area contributed by atoms with E-state index < -0.39 is 5.92 Å². The van der Waals surface area contributed by atoms with Crippen molar-refractivity contribution in [3.63, 3.8) is 0 Å². The zero-order valence-corrected chi connectivity index (χ0v) is 13.9. The molecule has 1 aromatic carbocycles. The van der Waals surface area contributed by atoms with Gasteiger partial charge >= 0.3 is 5.97 Å². The number of fused-ring (bicyclic) bond motifs is 5. The molecule has 0 aliphatic carbocycles. The highest BCUT2D eigenvalue weighted by Gasteiger charge is 2.63. The molecule has 24 heavy (non-hydrogen) atoms. The highest BCUT2D eigenvalue weighted by molar-refractivity contribution is 5.85. The van der Waals surface area contributed by atoms with E-state index in [1.165, 1.54) is 6.34 Å². The van der Waals surface area contributed by atoms with Crippen molar-refractivity contribution in [1.82, 2.24) is 4.90 Å². The number of aliphatic hydroxyl groups excluding tert-OH is 1. The Hall–Kier alpha value is -1.63. The van der Waals surface area contributed by atoms with E-state index in [-0.39, 0.29) is 55.4 Å². The Morgan fingerprint density at radius 2 is 1.96 bits per heavy atom. The molecule has 5 unspecified atom stereocenters. The molecule has 2 bridgehead atoms. The van der Waals surface area contributed by atoms with Gasteiger partial charge in [0.05, 0.1) is 25.0 Å². The van der Waals surface area contributed by atoms with Crippen molar-refractivity contribution >= 4 is 24.7 Å². The standard InChI is InChI=1S/C17H20N2O4.ClH/c18-9-19-13-6-11(7-14(19)16-15(13)23-16)22-17(21)12(8-20)10-4-2-1-3-5-10;/h1-5,9,11-16,18,20H,6-8H2;1H. The van der Waals surface area contributed by atoms with Crippen molar-refractivity contribution in [2.75, 3.05) is 6.61 Å². The van der Waals surface area contributed by atoms with Crippen LogP contribution >= 0.6 is 12.4 Å². The number of nitrogens with one attached hydrogen (secondary N) is 1. The number of carbonyl (C=O) groups is 1. The average Bonchev–Trinajstić information content (AvgIpc) is 3.32. The average molecular weight is 353 g/mol. The van der Waals surface area contributed by atoms with E-state index in [9.17, 15) is 9.90 Å². The van der Waals surface area contributed by atoms with E-state index >= 15 is 0 Å². The van der Waals surface area contributed by atoms with Gasteiger partial charge in [0.2, 0.25) is 0 Å². The van der Waals surface area contributed by atoms with Crippen LogP contribution in [-0.2, 0) is 14.3 Å². The maximum Gasteiger partial charge on any atom is 0.316 e. The van der Waals surface area contributed by atoms with Crippen LogP contribution in [0.2, 0.25) is 0 Å². The third-order valence-electron chi connectivity index (χ3n) is 5.20. The highest BCUT2D eigenvalue weighted by Crippen LogP contribution is 2.48. The summed E-state index contributed by atoms with van der Waals surface area (Å²) in [7, 11) is 0. The van der Waals surface area contributed by atoms with Crippen molar-refractivity contribution in [2.45, 2.75) is 49.2 Å². The van der Waals surface area contributed by atoms with Gasteiger partial charge in [-0.05, 0) is 5.56 Å². The Morgan fingerprint density at radius 1 is 1.33 bits per heavy atom. The number of piperidine rings is 1. The van der Waals surface area contributed by atoms with Crippen LogP contribution in [0.3, 0.4) is 0 Å². The van der Waals surface area contributed by atoms with Crippen LogP contribution in [0.15, 0.2) is 30.3 Å². The number of hydrogen-bond donors (Lipinski definition) is 2. The van der Waals surface area contributed by atoms with Crippen LogP contribution in [0, 0.1) is 5.41 Å². The minimum atomic E-state index is -0.639. The van der Waals surface area contributed by atoms with Crippen LogP contribution in [0.25, 0.3) is 0 Å². The molecule has 2 N–H and O–H groups in total. The summed E-state index contributed by atoms with van der Waals surface area (Å²) in [5.74, 6) is -1.01. The monoisotopic (exact) mass is 352 g/mol. The minimum absolute atomic E-state index is 0. The van der Waals surface area contributed by atoms with Crippen LogP contribution in [0.5, 0.6) is 0 Å². The van der Waals surface area contributed by atoms with Gasteiger partial charge in [0.25, 0.3) is 0 Å². The molecule has 6 nitrogen and oxygen atoms in total. The molecule has 0 amide bonds. The zero-order chi connectivity index (χ0) is 16.0. The van der Waals surface area contributed by atoms with Crippen molar-refractivity contribution in [1.29, 1.82) is 5.41 Å². The summed E-state index contributed by atoms with van der Waals surface area (Å²) in [5, 5.41) is 17.1. The highest BCUT2D eigenvalue weighted by atomic mass is 35.5. The van der Waals surface area contributed by atoms with E-state index in [1.54, 1.807) is 0 Å². The summed E-state index contributed by atoms with van der Waals surface area (Å²) in [5.41, 5.74) is 0.770. The minimum Gasteiger partial charge on any atom is -0.462 e. The smallest absolute Gasteiger partial charge is 0.316 e. The third kappa shape index (κ3) is 2.79. The maximum atomic E-state index is 12.4. The van der Waals surface area contributed by atoms with Crippen LogP contribution in [0.1, 0.15) is 24.3 Å². The molecule has 5 atom stereocenters. The molecule has 0 spiro atoms. The van der Waals surface area contributed by atoms with E-state index in [4.69, 9.17) is 14.9 Å². The van der Waals surface area contributed by atoms with Gasteiger partial charge in [0, 0.05) is 12.8 Å². The summed E-state index contributed by atoms with van der Waals surface area (Å²) in [6.45, 7) is -0.261. The number of nitrogens with zero attached hydrogens (tertiary/aromatic N) is 1. The fourth-order valence-corrected chi connectivity index (χ4v) is 4.02. The second-order valence-electron chi connectivity index (χ2n) is 6.45. The molecule has 4 rings (SSSR count). The van der Waals surface area contributed by atoms with Crippen LogP contribution < -0.4 is 0 Å². The molecular weight excluding hydrogens is 332 g/mol. The second-order valence-corrected chi connectivity index (χ2v) is 6.45. The van der Waals surface area contributed by atoms with Crippen molar-refractivity contribution in [3.05, 3.63) is 35.9 Å². The van der Waals surface area contributed by atoms with Crippen molar-refractivity contribution < 1.29 is 19.4 Å². The number of aliphatic hydroxyl groups is 1. The number of benzene rings is 1. The molecule has 3 saturated heterocycles. The van der Waals surface area contributed by atoms with Crippen molar-refractivity contribution in [2.24, 2.45) is 0 Å². The number of hydrogen-bond acceptors (Lipinski definition) is 5. The Morgan fingerprint density at radius 3 is 2.50 bits per heavy atom. The van der Waals surface area contributed by atoms with Gasteiger partial charge in [0.1, 0.15) is 24.2 Å². The Bertz CT molecular complexity index is 596. The number of halogens is 1. The van der Waals surface area contributed by atoms with Gasteiger partial charge in [0.15, 0.2) is 0 Å². The first-order valence-electron chi connectivity index (χ1n) is 8.02. The molecule has 0 radical (unpaired) electrons. The van der Waals surface area contributed by atoms with Crippen LogP contribution in [0.4, 0.5) is 0 Å². The van der Waals surface area contributed by atoms with Gasteiger partial charge in [-0.1, -0.05) is 30.3 Å². The molecule has 0 saturated carbocycles. The molecule has 0 aromatic heterocycles. The number of ether oxygens (including phenoxy) is 2. The zero-order valence-electron chi connectivity index (χ0n) is 13.1. The lowest BCUT2D eigenvalue weighted by Crippen LogP contribution is -2.49. The molecular formula is C17H21ClN2O4. The second kappa shape index (κ2) is 6.70. The lowest BCUT2D eigenvalue weighted by molar-refractivity contribution is -0.155. The quantitative estimate of drug-likeness (QED) is 0.361. The third-order valence-corrected chi connectivity index (χ3v) is 5.20. The normalized spacial score (nSPS) is 33.9. The lowest BCUT2D eigenvalue weighted by atomic mass is 9.97. The molecule has 130 valence electrons. The molecule has 3 aliphatic heterocycles. The number of morpholine rings is 1. The summed E-state index contributed by atoms with van der Waals surface area (Å²) >= 11 is 0. The predicted octanol–water partition coefficient (Wildman–Crippen LogP) is 1.32. The predicted molar refractivity (Wildman–Crippen MR) is 89.5 cm³/mol.